The van der Waals surface area contributed by atoms with E-state index in [1.165, 1.54) is 7.11 Å². The largest absolute Gasteiger partial charge is 0.359 e. The minimum absolute atomic E-state index is 0.124. The van der Waals surface area contributed by atoms with Crippen molar-refractivity contribution in [1.82, 2.24) is 0 Å². The summed E-state index contributed by atoms with van der Waals surface area (Å²) in [6.45, 7) is 1.37. The van der Waals surface area contributed by atoms with Crippen LogP contribution in [0.1, 0.15) is 25.7 Å². The van der Waals surface area contributed by atoms with Gasteiger partial charge < -0.3 is 29.5 Å². The molecule has 6 heteroatoms. The van der Waals surface area contributed by atoms with Crippen LogP contribution < -0.4 is 5.73 Å². The Kier molecular flexibility index (Phi) is 7.38. The van der Waals surface area contributed by atoms with Crippen molar-refractivity contribution < 1.29 is 23.7 Å². The molecule has 0 bridgehead atoms. The Labute approximate surface area is 108 Å². The maximum atomic E-state index is 11.0. The second kappa shape index (κ2) is 8.55. The van der Waals surface area contributed by atoms with E-state index in [0.717, 1.165) is 25.9 Å². The first-order valence-electron chi connectivity index (χ1n) is 6.25. The molecule has 2 atom stereocenters. The number of hydrogen-bond donors (Lipinski definition) is 1. The second-order valence-electron chi connectivity index (χ2n) is 4.52. The molecule has 1 fully saturated rings. The molecule has 0 spiro atoms. The molecule has 0 aromatic rings. The molecule has 0 aromatic carbocycles. The van der Waals surface area contributed by atoms with Gasteiger partial charge in [0.25, 0.3) is 0 Å². The van der Waals surface area contributed by atoms with Crippen LogP contribution in [0.3, 0.4) is 0 Å². The van der Waals surface area contributed by atoms with Crippen LogP contribution in [0.2, 0.25) is 0 Å². The molecule has 0 aliphatic carbocycles. The van der Waals surface area contributed by atoms with E-state index in [1.54, 1.807) is 0 Å². The number of hydrogen-bond acceptors (Lipinski definition) is 6. The van der Waals surface area contributed by atoms with E-state index in [4.69, 9.17) is 24.7 Å². The highest BCUT2D eigenvalue weighted by atomic mass is 16.7. The SMILES string of the molecule is COCOCC(N)(C=O)CCOC1CCCCO1. The monoisotopic (exact) mass is 261 g/mol. The van der Waals surface area contributed by atoms with Gasteiger partial charge in [-0.1, -0.05) is 0 Å². The zero-order valence-electron chi connectivity index (χ0n) is 10.9. The summed E-state index contributed by atoms with van der Waals surface area (Å²) < 4.78 is 20.8. The van der Waals surface area contributed by atoms with Crippen molar-refractivity contribution in [3.05, 3.63) is 0 Å². The van der Waals surface area contributed by atoms with Crippen LogP contribution in [0.4, 0.5) is 0 Å². The predicted octanol–water partition coefficient (Wildman–Crippen LogP) is 0.437. The first-order chi connectivity index (χ1) is 8.70. The molecule has 18 heavy (non-hydrogen) atoms. The molecule has 1 aliphatic heterocycles. The molecular formula is C12H23NO5. The molecule has 6 nitrogen and oxygen atoms in total. The summed E-state index contributed by atoms with van der Waals surface area (Å²) in [5, 5.41) is 0. The van der Waals surface area contributed by atoms with Crippen LogP contribution in [0, 0.1) is 0 Å². The quantitative estimate of drug-likeness (QED) is 0.368. The van der Waals surface area contributed by atoms with Crippen LogP contribution in [0.5, 0.6) is 0 Å². The summed E-state index contributed by atoms with van der Waals surface area (Å²) in [7, 11) is 1.52. The number of rotatable bonds is 9. The summed E-state index contributed by atoms with van der Waals surface area (Å²) in [5.41, 5.74) is 4.86. The lowest BCUT2D eigenvalue weighted by molar-refractivity contribution is -0.166. The first kappa shape index (κ1) is 15.5. The van der Waals surface area contributed by atoms with Gasteiger partial charge in [0.15, 0.2) is 6.29 Å². The van der Waals surface area contributed by atoms with E-state index in [9.17, 15) is 4.79 Å². The van der Waals surface area contributed by atoms with E-state index in [2.05, 4.69) is 0 Å². The molecule has 1 heterocycles. The number of carbonyl (C=O) groups excluding carboxylic acids is 1. The fraction of sp³-hybridized carbons (Fsp3) is 0.917. The third-order valence-electron chi connectivity index (χ3n) is 2.82. The zero-order valence-corrected chi connectivity index (χ0v) is 10.9. The smallest absolute Gasteiger partial charge is 0.157 e. The summed E-state index contributed by atoms with van der Waals surface area (Å²) in [6, 6.07) is 0. The van der Waals surface area contributed by atoms with Crippen LogP contribution >= 0.6 is 0 Å². The molecule has 0 saturated carbocycles. The lowest BCUT2D eigenvalue weighted by Crippen LogP contribution is -2.47. The lowest BCUT2D eigenvalue weighted by atomic mass is 10.0. The molecule has 0 aromatic heterocycles. The Morgan fingerprint density at radius 3 is 2.94 bits per heavy atom. The minimum Gasteiger partial charge on any atom is -0.359 e. The van der Waals surface area contributed by atoms with Gasteiger partial charge in [-0.15, -0.1) is 0 Å². The minimum atomic E-state index is -1.02. The Balaban J connectivity index is 2.18. The number of methoxy groups -OCH3 is 1. The van der Waals surface area contributed by atoms with Gasteiger partial charge in [0.05, 0.1) is 18.8 Å². The van der Waals surface area contributed by atoms with Gasteiger partial charge in [0, 0.05) is 13.7 Å². The van der Waals surface area contributed by atoms with Crippen LogP contribution in [0.15, 0.2) is 0 Å². The van der Waals surface area contributed by atoms with E-state index in [1.807, 2.05) is 0 Å². The fourth-order valence-corrected chi connectivity index (χ4v) is 1.70. The van der Waals surface area contributed by atoms with E-state index in [0.29, 0.717) is 19.3 Å². The maximum Gasteiger partial charge on any atom is 0.157 e. The Morgan fingerprint density at radius 1 is 1.50 bits per heavy atom. The third-order valence-corrected chi connectivity index (χ3v) is 2.82. The Bertz CT molecular complexity index is 233. The summed E-state index contributed by atoms with van der Waals surface area (Å²) in [4.78, 5) is 11.0. The van der Waals surface area contributed by atoms with Gasteiger partial charge in [0.2, 0.25) is 0 Å². The highest BCUT2D eigenvalue weighted by molar-refractivity contribution is 5.63. The van der Waals surface area contributed by atoms with Gasteiger partial charge in [-0.3, -0.25) is 0 Å². The van der Waals surface area contributed by atoms with Gasteiger partial charge in [-0.25, -0.2) is 0 Å². The first-order valence-corrected chi connectivity index (χ1v) is 6.25. The summed E-state index contributed by atoms with van der Waals surface area (Å²) in [5.74, 6) is 0. The van der Waals surface area contributed by atoms with Gasteiger partial charge in [-0.2, -0.15) is 0 Å². The molecule has 106 valence electrons. The van der Waals surface area contributed by atoms with Crippen molar-refractivity contribution in [3.8, 4) is 0 Å². The topological polar surface area (TPSA) is 80.0 Å². The van der Waals surface area contributed by atoms with Crippen molar-refractivity contribution in [2.24, 2.45) is 5.73 Å². The molecule has 1 saturated heterocycles. The highest BCUT2D eigenvalue weighted by Gasteiger charge is 2.25. The normalized spacial score (nSPS) is 23.6. The molecular weight excluding hydrogens is 238 g/mol. The van der Waals surface area contributed by atoms with E-state index >= 15 is 0 Å². The standard InChI is InChI=1S/C12H23NO5/c1-15-10-16-9-12(13,8-14)5-7-18-11-4-2-3-6-17-11/h8,11H,2-7,9-10,13H2,1H3. The van der Waals surface area contributed by atoms with Crippen molar-refractivity contribution in [1.29, 1.82) is 0 Å². The van der Waals surface area contributed by atoms with Crippen LogP contribution in [-0.2, 0) is 23.7 Å². The van der Waals surface area contributed by atoms with Crippen molar-refractivity contribution in [2.75, 3.05) is 33.7 Å². The fourth-order valence-electron chi connectivity index (χ4n) is 1.70. The average Bonchev–Trinajstić information content (AvgIpc) is 2.40. The summed E-state index contributed by atoms with van der Waals surface area (Å²) in [6.07, 6.45) is 4.05. The highest BCUT2D eigenvalue weighted by Crippen LogP contribution is 2.15. The molecule has 0 radical (unpaired) electrons. The molecule has 1 aliphatic rings. The Morgan fingerprint density at radius 2 is 2.33 bits per heavy atom. The molecule has 1 rings (SSSR count). The Hall–Kier alpha value is -0.530. The van der Waals surface area contributed by atoms with Crippen molar-refractivity contribution >= 4 is 6.29 Å². The van der Waals surface area contributed by atoms with Gasteiger partial charge in [0.1, 0.15) is 13.1 Å². The summed E-state index contributed by atoms with van der Waals surface area (Å²) >= 11 is 0. The lowest BCUT2D eigenvalue weighted by Gasteiger charge is -2.26. The maximum absolute atomic E-state index is 11.0. The number of ether oxygens (including phenoxy) is 4. The molecule has 0 amide bonds. The zero-order chi connectivity index (χ0) is 13.3. The second-order valence-corrected chi connectivity index (χ2v) is 4.52. The van der Waals surface area contributed by atoms with Crippen LogP contribution in [0.25, 0.3) is 0 Å². The van der Waals surface area contributed by atoms with Crippen molar-refractivity contribution in [3.63, 3.8) is 0 Å². The number of nitrogens with two attached hydrogens (primary N) is 1. The van der Waals surface area contributed by atoms with Crippen molar-refractivity contribution in [2.45, 2.75) is 37.5 Å². The van der Waals surface area contributed by atoms with E-state index < -0.39 is 5.54 Å². The van der Waals surface area contributed by atoms with Gasteiger partial charge >= 0.3 is 0 Å². The van der Waals surface area contributed by atoms with Gasteiger partial charge in [-0.05, 0) is 25.7 Å². The predicted molar refractivity (Wildman–Crippen MR) is 65.0 cm³/mol. The third kappa shape index (κ3) is 5.88. The molecule has 2 unspecified atom stereocenters. The average molecular weight is 261 g/mol. The molecule has 2 N–H and O–H groups in total. The van der Waals surface area contributed by atoms with Crippen LogP contribution in [-0.4, -0.2) is 51.8 Å². The number of aldehydes is 1. The number of carbonyl (C=O) groups is 1. The van der Waals surface area contributed by atoms with E-state index in [-0.39, 0.29) is 19.7 Å².